The maximum atomic E-state index is 5.61. The van der Waals surface area contributed by atoms with Crippen molar-refractivity contribution in [3.8, 4) is 11.6 Å². The van der Waals surface area contributed by atoms with Crippen molar-refractivity contribution in [1.82, 2.24) is 9.97 Å². The van der Waals surface area contributed by atoms with Crippen LogP contribution in [-0.2, 0) is 0 Å². The molecule has 16 heavy (non-hydrogen) atoms. The Bertz CT molecular complexity index is 502. The highest BCUT2D eigenvalue weighted by atomic mass is 79.9. The van der Waals surface area contributed by atoms with E-state index >= 15 is 0 Å². The predicted molar refractivity (Wildman–Crippen MR) is 68.4 cm³/mol. The van der Waals surface area contributed by atoms with Crippen molar-refractivity contribution in [2.75, 3.05) is 5.73 Å². The Morgan fingerprint density at radius 2 is 1.75 bits per heavy atom. The molecule has 6 heteroatoms. The molecule has 0 saturated carbocycles. The average Bonchev–Trinajstić information content (AvgIpc) is 2.28. The quantitative estimate of drug-likeness (QED) is 0.907. The number of anilines is 1. The van der Waals surface area contributed by atoms with Gasteiger partial charge in [0, 0.05) is 4.47 Å². The molecule has 0 amide bonds. The molecule has 0 radical (unpaired) electrons. The summed E-state index contributed by atoms with van der Waals surface area (Å²) in [5.74, 6) is 1.43. The molecule has 0 unspecified atom stereocenters. The minimum absolute atomic E-state index is 0.349. The molecular formula is C10H7Br2N3O. The van der Waals surface area contributed by atoms with Gasteiger partial charge in [0.2, 0.25) is 5.88 Å². The van der Waals surface area contributed by atoms with E-state index in [1.807, 2.05) is 24.3 Å². The van der Waals surface area contributed by atoms with Crippen molar-refractivity contribution in [2.45, 2.75) is 0 Å². The summed E-state index contributed by atoms with van der Waals surface area (Å²) in [4.78, 5) is 7.81. The maximum Gasteiger partial charge on any atom is 0.238 e. The second kappa shape index (κ2) is 4.80. The first-order valence-electron chi connectivity index (χ1n) is 4.36. The SMILES string of the molecule is Nc1ncnc(Oc2ccc(Br)cc2)c1Br. The van der Waals surface area contributed by atoms with Crippen LogP contribution in [0.25, 0.3) is 0 Å². The van der Waals surface area contributed by atoms with E-state index in [0.29, 0.717) is 21.9 Å². The van der Waals surface area contributed by atoms with Gasteiger partial charge in [0.15, 0.2) is 0 Å². The number of aromatic nitrogens is 2. The van der Waals surface area contributed by atoms with E-state index in [2.05, 4.69) is 41.8 Å². The van der Waals surface area contributed by atoms with Crippen molar-refractivity contribution in [3.63, 3.8) is 0 Å². The van der Waals surface area contributed by atoms with Crippen LogP contribution < -0.4 is 10.5 Å². The Hall–Kier alpha value is -1.14. The molecule has 82 valence electrons. The smallest absolute Gasteiger partial charge is 0.238 e. The summed E-state index contributed by atoms with van der Waals surface area (Å²) in [6.07, 6.45) is 1.36. The molecule has 0 aliphatic heterocycles. The molecule has 0 atom stereocenters. The highest BCUT2D eigenvalue weighted by Gasteiger charge is 2.07. The van der Waals surface area contributed by atoms with Crippen molar-refractivity contribution in [1.29, 1.82) is 0 Å². The number of nitrogen functional groups attached to an aromatic ring is 1. The van der Waals surface area contributed by atoms with Crippen molar-refractivity contribution < 1.29 is 4.74 Å². The summed E-state index contributed by atoms with van der Waals surface area (Å²) in [6, 6.07) is 7.42. The van der Waals surface area contributed by atoms with Crippen LogP contribution >= 0.6 is 31.9 Å². The van der Waals surface area contributed by atoms with E-state index in [-0.39, 0.29) is 0 Å². The maximum absolute atomic E-state index is 5.61. The van der Waals surface area contributed by atoms with Gasteiger partial charge in [0.05, 0.1) is 0 Å². The first-order valence-corrected chi connectivity index (χ1v) is 5.95. The lowest BCUT2D eigenvalue weighted by molar-refractivity contribution is 0.458. The lowest BCUT2D eigenvalue weighted by Crippen LogP contribution is -1.96. The lowest BCUT2D eigenvalue weighted by Gasteiger charge is -2.06. The molecule has 0 saturated heterocycles. The first kappa shape index (κ1) is 11.3. The summed E-state index contributed by atoms with van der Waals surface area (Å²) in [5, 5.41) is 0. The normalized spacial score (nSPS) is 10.1. The Labute approximate surface area is 109 Å². The van der Waals surface area contributed by atoms with Gasteiger partial charge >= 0.3 is 0 Å². The molecule has 1 aromatic heterocycles. The highest BCUT2D eigenvalue weighted by molar-refractivity contribution is 9.11. The Balaban J connectivity index is 2.27. The fraction of sp³-hybridized carbons (Fsp3) is 0. The van der Waals surface area contributed by atoms with Crippen LogP contribution in [0.3, 0.4) is 0 Å². The van der Waals surface area contributed by atoms with Gasteiger partial charge in [-0.15, -0.1) is 0 Å². The minimum atomic E-state index is 0.349. The monoisotopic (exact) mass is 343 g/mol. The summed E-state index contributed by atoms with van der Waals surface area (Å²) < 4.78 is 7.09. The zero-order valence-electron chi connectivity index (χ0n) is 8.02. The van der Waals surface area contributed by atoms with Crippen LogP contribution in [0, 0.1) is 0 Å². The molecular weight excluding hydrogens is 338 g/mol. The second-order valence-electron chi connectivity index (χ2n) is 2.93. The third-order valence-electron chi connectivity index (χ3n) is 1.81. The number of nitrogens with zero attached hydrogens (tertiary/aromatic N) is 2. The van der Waals surface area contributed by atoms with E-state index in [1.165, 1.54) is 6.33 Å². The van der Waals surface area contributed by atoms with Gasteiger partial charge in [0.25, 0.3) is 0 Å². The van der Waals surface area contributed by atoms with Gasteiger partial charge in [0.1, 0.15) is 22.4 Å². The number of ether oxygens (including phenoxy) is 1. The van der Waals surface area contributed by atoms with Gasteiger partial charge in [-0.2, -0.15) is 0 Å². The average molecular weight is 345 g/mol. The number of nitrogens with two attached hydrogens (primary N) is 1. The molecule has 0 fully saturated rings. The summed E-state index contributed by atoms with van der Waals surface area (Å²) >= 11 is 6.61. The van der Waals surface area contributed by atoms with Crippen molar-refractivity contribution in [3.05, 3.63) is 39.5 Å². The first-order chi connectivity index (χ1) is 7.66. The van der Waals surface area contributed by atoms with Gasteiger partial charge in [-0.05, 0) is 40.2 Å². The Morgan fingerprint density at radius 3 is 2.44 bits per heavy atom. The summed E-state index contributed by atoms with van der Waals surface area (Å²) in [6.45, 7) is 0. The van der Waals surface area contributed by atoms with E-state index < -0.39 is 0 Å². The van der Waals surface area contributed by atoms with Crippen LogP contribution in [0.15, 0.2) is 39.5 Å². The van der Waals surface area contributed by atoms with E-state index in [0.717, 1.165) is 4.47 Å². The number of rotatable bonds is 2. The van der Waals surface area contributed by atoms with Crippen LogP contribution in [0.2, 0.25) is 0 Å². The van der Waals surface area contributed by atoms with Crippen molar-refractivity contribution >= 4 is 37.7 Å². The van der Waals surface area contributed by atoms with Gasteiger partial charge < -0.3 is 10.5 Å². The fourth-order valence-electron chi connectivity index (χ4n) is 1.05. The zero-order valence-corrected chi connectivity index (χ0v) is 11.2. The largest absolute Gasteiger partial charge is 0.438 e. The molecule has 2 rings (SSSR count). The molecule has 1 heterocycles. The van der Waals surface area contributed by atoms with Crippen molar-refractivity contribution in [2.24, 2.45) is 0 Å². The molecule has 0 spiro atoms. The Kier molecular flexibility index (Phi) is 3.40. The number of hydrogen-bond donors (Lipinski definition) is 1. The van der Waals surface area contributed by atoms with Gasteiger partial charge in [-0.3, -0.25) is 0 Å². The molecule has 0 aliphatic rings. The summed E-state index contributed by atoms with van der Waals surface area (Å²) in [5.41, 5.74) is 5.61. The van der Waals surface area contributed by atoms with Crippen LogP contribution in [0.1, 0.15) is 0 Å². The third kappa shape index (κ3) is 2.51. The molecule has 2 N–H and O–H groups in total. The van der Waals surface area contributed by atoms with Gasteiger partial charge in [-0.1, -0.05) is 15.9 Å². The van der Waals surface area contributed by atoms with E-state index in [9.17, 15) is 0 Å². The lowest BCUT2D eigenvalue weighted by atomic mass is 10.3. The molecule has 0 bridgehead atoms. The fourth-order valence-corrected chi connectivity index (χ4v) is 1.60. The third-order valence-corrected chi connectivity index (χ3v) is 3.09. The predicted octanol–water partition coefficient (Wildman–Crippen LogP) is 3.38. The topological polar surface area (TPSA) is 61.0 Å². The molecule has 2 aromatic rings. The van der Waals surface area contributed by atoms with Gasteiger partial charge in [-0.25, -0.2) is 9.97 Å². The standard InChI is InChI=1S/C10H7Br2N3O/c11-6-1-3-7(4-2-6)16-10-8(12)9(13)14-5-15-10/h1-5H,(H2,13,14,15). The number of hydrogen-bond acceptors (Lipinski definition) is 4. The van der Waals surface area contributed by atoms with Crippen LogP contribution in [0.4, 0.5) is 5.82 Å². The number of halogens is 2. The minimum Gasteiger partial charge on any atom is -0.438 e. The molecule has 1 aromatic carbocycles. The van der Waals surface area contributed by atoms with Crippen LogP contribution in [-0.4, -0.2) is 9.97 Å². The summed E-state index contributed by atoms with van der Waals surface area (Å²) in [7, 11) is 0. The second-order valence-corrected chi connectivity index (χ2v) is 4.64. The molecule has 0 aliphatic carbocycles. The number of benzene rings is 1. The van der Waals surface area contributed by atoms with Crippen LogP contribution in [0.5, 0.6) is 11.6 Å². The molecule has 4 nitrogen and oxygen atoms in total. The zero-order chi connectivity index (χ0) is 11.5. The van der Waals surface area contributed by atoms with E-state index in [4.69, 9.17) is 10.5 Å². The Morgan fingerprint density at radius 1 is 1.06 bits per heavy atom. The van der Waals surface area contributed by atoms with E-state index in [1.54, 1.807) is 0 Å². The highest BCUT2D eigenvalue weighted by Crippen LogP contribution is 2.30.